The first-order valence-electron chi connectivity index (χ1n) is 10.1. The van der Waals surface area contributed by atoms with Gasteiger partial charge in [0.05, 0.1) is 18.9 Å². The number of thiazole rings is 1. The molecule has 0 aliphatic heterocycles. The molecule has 0 fully saturated rings. The van der Waals surface area contributed by atoms with E-state index in [1.807, 2.05) is 53.9 Å². The SMILES string of the molecule is CCCOc1ccc(-c2csc(NC(=O)C=Cc3ccccc3OCCC)n2)cc1. The van der Waals surface area contributed by atoms with Crippen molar-refractivity contribution in [2.45, 2.75) is 26.7 Å². The van der Waals surface area contributed by atoms with Crippen molar-refractivity contribution in [3.05, 3.63) is 65.6 Å². The van der Waals surface area contributed by atoms with Gasteiger partial charge in [-0.15, -0.1) is 11.3 Å². The predicted molar refractivity (Wildman–Crippen MR) is 123 cm³/mol. The first-order chi connectivity index (χ1) is 14.7. The highest BCUT2D eigenvalue weighted by Gasteiger charge is 2.07. The monoisotopic (exact) mass is 422 g/mol. The Bertz CT molecular complexity index is 980. The number of hydrogen-bond donors (Lipinski definition) is 1. The van der Waals surface area contributed by atoms with Gasteiger partial charge in [0.1, 0.15) is 11.5 Å². The number of rotatable bonds is 10. The highest BCUT2D eigenvalue weighted by molar-refractivity contribution is 7.14. The zero-order chi connectivity index (χ0) is 21.2. The predicted octanol–water partition coefficient (Wildman–Crippen LogP) is 6.04. The van der Waals surface area contributed by atoms with Gasteiger partial charge in [-0.3, -0.25) is 10.1 Å². The number of carbonyl (C=O) groups is 1. The Morgan fingerprint density at radius 1 is 1.03 bits per heavy atom. The van der Waals surface area contributed by atoms with Gasteiger partial charge in [-0.2, -0.15) is 0 Å². The lowest BCUT2D eigenvalue weighted by atomic mass is 10.2. The lowest BCUT2D eigenvalue weighted by Crippen LogP contribution is -2.07. The van der Waals surface area contributed by atoms with Crippen molar-refractivity contribution in [3.63, 3.8) is 0 Å². The molecule has 1 N–H and O–H groups in total. The van der Waals surface area contributed by atoms with Gasteiger partial charge in [0.25, 0.3) is 0 Å². The summed E-state index contributed by atoms with van der Waals surface area (Å²) in [5, 5.41) is 5.30. The van der Waals surface area contributed by atoms with Crippen LogP contribution >= 0.6 is 11.3 Å². The molecular weight excluding hydrogens is 396 g/mol. The minimum absolute atomic E-state index is 0.232. The summed E-state index contributed by atoms with van der Waals surface area (Å²) in [5.41, 5.74) is 2.67. The number of carbonyl (C=O) groups excluding carboxylic acids is 1. The molecular formula is C24H26N2O3S. The molecule has 0 radical (unpaired) electrons. The lowest BCUT2D eigenvalue weighted by Gasteiger charge is -2.07. The fourth-order valence-electron chi connectivity index (χ4n) is 2.68. The summed E-state index contributed by atoms with van der Waals surface area (Å²) < 4.78 is 11.3. The molecule has 1 heterocycles. The van der Waals surface area contributed by atoms with Crippen LogP contribution in [0.2, 0.25) is 0 Å². The first-order valence-corrected chi connectivity index (χ1v) is 11.0. The van der Waals surface area contributed by atoms with Crippen LogP contribution in [0.1, 0.15) is 32.3 Å². The van der Waals surface area contributed by atoms with Gasteiger partial charge < -0.3 is 9.47 Å². The molecule has 1 aromatic heterocycles. The molecule has 0 aliphatic rings. The Morgan fingerprint density at radius 2 is 1.77 bits per heavy atom. The standard InChI is InChI=1S/C24H26N2O3S/c1-3-15-28-20-12-9-18(10-13-20)21-17-30-24(25-21)26-23(27)14-11-19-7-5-6-8-22(19)29-16-4-2/h5-14,17H,3-4,15-16H2,1-2H3,(H,25,26,27). The smallest absolute Gasteiger partial charge is 0.250 e. The van der Waals surface area contributed by atoms with Crippen LogP contribution in [-0.2, 0) is 4.79 Å². The van der Waals surface area contributed by atoms with E-state index < -0.39 is 0 Å². The second-order valence-corrected chi connectivity index (χ2v) is 7.48. The normalized spacial score (nSPS) is 10.9. The van der Waals surface area contributed by atoms with Crippen molar-refractivity contribution in [2.24, 2.45) is 0 Å². The van der Waals surface area contributed by atoms with Gasteiger partial charge in [0, 0.05) is 22.6 Å². The number of nitrogens with one attached hydrogen (secondary N) is 1. The van der Waals surface area contributed by atoms with Crippen molar-refractivity contribution in [2.75, 3.05) is 18.5 Å². The van der Waals surface area contributed by atoms with Crippen molar-refractivity contribution >= 4 is 28.5 Å². The van der Waals surface area contributed by atoms with Crippen molar-refractivity contribution in [1.82, 2.24) is 4.98 Å². The van der Waals surface area contributed by atoms with E-state index in [1.165, 1.54) is 17.4 Å². The number of anilines is 1. The summed E-state index contributed by atoms with van der Waals surface area (Å²) in [6.07, 6.45) is 5.15. The van der Waals surface area contributed by atoms with Crippen LogP contribution in [0.3, 0.4) is 0 Å². The van der Waals surface area contributed by atoms with Gasteiger partial charge in [0.2, 0.25) is 5.91 Å². The van der Waals surface area contributed by atoms with E-state index in [9.17, 15) is 4.79 Å². The van der Waals surface area contributed by atoms with Crippen LogP contribution in [-0.4, -0.2) is 24.1 Å². The summed E-state index contributed by atoms with van der Waals surface area (Å²) >= 11 is 1.39. The molecule has 2 aromatic carbocycles. The molecule has 156 valence electrons. The minimum Gasteiger partial charge on any atom is -0.494 e. The van der Waals surface area contributed by atoms with Crippen LogP contribution in [0.15, 0.2) is 60.0 Å². The Morgan fingerprint density at radius 3 is 2.53 bits per heavy atom. The number of ether oxygens (including phenoxy) is 2. The lowest BCUT2D eigenvalue weighted by molar-refractivity contribution is -0.111. The second-order valence-electron chi connectivity index (χ2n) is 6.62. The van der Waals surface area contributed by atoms with E-state index in [0.717, 1.165) is 41.2 Å². The zero-order valence-corrected chi connectivity index (χ0v) is 18.1. The Kier molecular flexibility index (Phi) is 8.03. The number of para-hydroxylation sites is 1. The number of nitrogens with zero attached hydrogens (tertiary/aromatic N) is 1. The molecule has 0 saturated carbocycles. The van der Waals surface area contributed by atoms with Crippen LogP contribution in [0, 0.1) is 0 Å². The van der Waals surface area contributed by atoms with Crippen molar-refractivity contribution in [1.29, 1.82) is 0 Å². The summed E-state index contributed by atoms with van der Waals surface area (Å²) in [6.45, 7) is 5.48. The van der Waals surface area contributed by atoms with Crippen LogP contribution < -0.4 is 14.8 Å². The van der Waals surface area contributed by atoms with Gasteiger partial charge in [-0.25, -0.2) is 4.98 Å². The summed E-state index contributed by atoms with van der Waals surface area (Å²) in [4.78, 5) is 16.8. The maximum atomic E-state index is 12.3. The molecule has 0 unspecified atom stereocenters. The van der Waals surface area contributed by atoms with E-state index in [-0.39, 0.29) is 5.91 Å². The average Bonchev–Trinajstić information content (AvgIpc) is 3.24. The number of benzene rings is 2. The van der Waals surface area contributed by atoms with E-state index in [4.69, 9.17) is 9.47 Å². The van der Waals surface area contributed by atoms with E-state index >= 15 is 0 Å². The van der Waals surface area contributed by atoms with Gasteiger partial charge in [-0.1, -0.05) is 32.0 Å². The highest BCUT2D eigenvalue weighted by atomic mass is 32.1. The molecule has 5 nitrogen and oxygen atoms in total. The second kappa shape index (κ2) is 11.2. The third-order valence-corrected chi connectivity index (χ3v) is 4.91. The molecule has 3 rings (SSSR count). The quantitative estimate of drug-likeness (QED) is 0.405. The third-order valence-electron chi connectivity index (χ3n) is 4.15. The summed E-state index contributed by atoms with van der Waals surface area (Å²) in [7, 11) is 0. The molecule has 0 bridgehead atoms. The molecule has 1 amide bonds. The van der Waals surface area contributed by atoms with Crippen LogP contribution in [0.5, 0.6) is 11.5 Å². The average molecular weight is 423 g/mol. The Balaban J connectivity index is 1.61. The first kappa shape index (κ1) is 21.6. The van der Waals surface area contributed by atoms with E-state index in [2.05, 4.69) is 24.1 Å². The Labute approximate surface area is 181 Å². The maximum absolute atomic E-state index is 12.3. The molecule has 3 aromatic rings. The molecule has 0 atom stereocenters. The van der Waals surface area contributed by atoms with Gasteiger partial charge >= 0.3 is 0 Å². The molecule has 0 spiro atoms. The number of amides is 1. The van der Waals surface area contributed by atoms with Gasteiger partial charge in [-0.05, 0) is 49.2 Å². The third kappa shape index (κ3) is 6.19. The fourth-order valence-corrected chi connectivity index (χ4v) is 3.40. The van der Waals surface area contributed by atoms with Crippen molar-refractivity contribution < 1.29 is 14.3 Å². The molecule has 30 heavy (non-hydrogen) atoms. The van der Waals surface area contributed by atoms with Crippen LogP contribution in [0.25, 0.3) is 17.3 Å². The Hall–Kier alpha value is -3.12. The summed E-state index contributed by atoms with van der Waals surface area (Å²) in [6, 6.07) is 15.5. The summed E-state index contributed by atoms with van der Waals surface area (Å²) in [5.74, 6) is 1.38. The van der Waals surface area contributed by atoms with Crippen molar-refractivity contribution in [3.8, 4) is 22.8 Å². The zero-order valence-electron chi connectivity index (χ0n) is 17.3. The van der Waals surface area contributed by atoms with E-state index in [0.29, 0.717) is 18.3 Å². The van der Waals surface area contributed by atoms with Crippen LogP contribution in [0.4, 0.5) is 5.13 Å². The number of hydrogen-bond acceptors (Lipinski definition) is 5. The molecule has 0 aliphatic carbocycles. The topological polar surface area (TPSA) is 60.5 Å². The largest absolute Gasteiger partial charge is 0.494 e. The van der Waals surface area contributed by atoms with Gasteiger partial charge in [0.15, 0.2) is 5.13 Å². The minimum atomic E-state index is -0.232. The molecule has 6 heteroatoms. The highest BCUT2D eigenvalue weighted by Crippen LogP contribution is 2.27. The fraction of sp³-hybridized carbons (Fsp3) is 0.250. The molecule has 0 saturated heterocycles. The number of aromatic nitrogens is 1. The van der Waals surface area contributed by atoms with E-state index in [1.54, 1.807) is 6.08 Å². The maximum Gasteiger partial charge on any atom is 0.250 e.